The smallest absolute Gasteiger partial charge is 0.433 e. The average Bonchev–Trinajstić information content (AvgIpc) is 3.35. The molecule has 2 unspecified atom stereocenters. The number of alkyl halides is 6. The number of nitrogens with zero attached hydrogens (tertiary/aromatic N) is 3. The molecule has 1 aromatic carbocycles. The van der Waals surface area contributed by atoms with Crippen molar-refractivity contribution in [3.8, 4) is 0 Å². The van der Waals surface area contributed by atoms with Crippen LogP contribution in [0.3, 0.4) is 0 Å². The second kappa shape index (κ2) is 13.3. The van der Waals surface area contributed by atoms with E-state index in [9.17, 15) is 40.3 Å². The van der Waals surface area contributed by atoms with Crippen LogP contribution in [0, 0.1) is 11.7 Å². The molecule has 0 saturated heterocycles. The number of benzene rings is 1. The van der Waals surface area contributed by atoms with Crippen molar-refractivity contribution in [2.75, 3.05) is 6.54 Å². The number of imide groups is 1. The number of aliphatic imine (C=N–C) groups is 1. The summed E-state index contributed by atoms with van der Waals surface area (Å²) in [5.41, 5.74) is 0.336. The van der Waals surface area contributed by atoms with Crippen LogP contribution in [0.1, 0.15) is 45.7 Å². The van der Waals surface area contributed by atoms with Crippen LogP contribution in [0.25, 0.3) is 0 Å². The maximum Gasteiger partial charge on any atom is 0.433 e. The van der Waals surface area contributed by atoms with Gasteiger partial charge < -0.3 is 10.5 Å². The standard InChI is InChI=1S/C28H29F7N4O3S/c1-26(2,3)42-25(41)39(24(40)20-5-4-6-21(20)43-19-10-7-17(29)8-11-19)15-16(23(36)28(33,34)35)13-37-18-9-12-22(38-14-18)27(30,31)32/h7-14,20-21H,4-6,15,36H2,1-3H3. The molecule has 2 N–H and O–H groups in total. The van der Waals surface area contributed by atoms with Gasteiger partial charge in [-0.3, -0.25) is 9.79 Å². The second-order valence-electron chi connectivity index (χ2n) is 10.6. The highest BCUT2D eigenvalue weighted by molar-refractivity contribution is 8.00. The van der Waals surface area contributed by atoms with Gasteiger partial charge in [-0.05, 0) is 70.0 Å². The number of ether oxygens (including phenoxy) is 1. The average molecular weight is 635 g/mol. The summed E-state index contributed by atoms with van der Waals surface area (Å²) in [6.07, 6.45) is -8.26. The Balaban J connectivity index is 1.96. The molecule has 2 aromatic rings. The minimum absolute atomic E-state index is 0.234. The third-order valence-corrected chi connectivity index (χ3v) is 7.55. The summed E-state index contributed by atoms with van der Waals surface area (Å²) in [5.74, 6) is -2.05. The Kier molecular flexibility index (Phi) is 10.5. The summed E-state index contributed by atoms with van der Waals surface area (Å²) in [7, 11) is 0. The van der Waals surface area contributed by atoms with E-state index in [1.165, 1.54) is 56.8 Å². The van der Waals surface area contributed by atoms with Crippen LogP contribution in [0.5, 0.6) is 0 Å². The van der Waals surface area contributed by atoms with E-state index in [4.69, 9.17) is 10.5 Å². The first-order valence-corrected chi connectivity index (χ1v) is 13.8. The fourth-order valence-electron chi connectivity index (χ4n) is 4.12. The summed E-state index contributed by atoms with van der Waals surface area (Å²) in [4.78, 5) is 35.2. The van der Waals surface area contributed by atoms with Gasteiger partial charge in [-0.1, -0.05) is 6.42 Å². The molecule has 3 rings (SSSR count). The van der Waals surface area contributed by atoms with E-state index in [2.05, 4.69) is 9.98 Å². The Morgan fingerprint density at radius 2 is 1.72 bits per heavy atom. The molecule has 43 heavy (non-hydrogen) atoms. The lowest BCUT2D eigenvalue weighted by atomic mass is 10.1. The van der Waals surface area contributed by atoms with Crippen LogP contribution in [0.15, 0.2) is 63.8 Å². The monoisotopic (exact) mass is 634 g/mol. The first kappa shape index (κ1) is 33.9. The number of amides is 2. The SMILES string of the molecule is CC(C)(C)OC(=O)N(CC(C=Nc1ccc(C(F)(F)F)nc1)=C(N)C(F)(F)F)C(=O)C1CCCC1Sc1ccc(F)cc1. The molecule has 7 nitrogen and oxygen atoms in total. The van der Waals surface area contributed by atoms with Crippen LogP contribution in [0.2, 0.25) is 0 Å². The quantitative estimate of drug-likeness (QED) is 0.251. The fourth-order valence-corrected chi connectivity index (χ4v) is 5.46. The lowest BCUT2D eigenvalue weighted by molar-refractivity contribution is -0.141. The van der Waals surface area contributed by atoms with Gasteiger partial charge in [0.2, 0.25) is 5.91 Å². The van der Waals surface area contributed by atoms with E-state index in [0.717, 1.165) is 6.07 Å². The molecular formula is C28H29F7N4O3S. The van der Waals surface area contributed by atoms with E-state index in [0.29, 0.717) is 47.5 Å². The molecule has 2 atom stereocenters. The maximum atomic E-state index is 13.8. The van der Waals surface area contributed by atoms with Crippen LogP contribution in [-0.2, 0) is 15.7 Å². The summed E-state index contributed by atoms with van der Waals surface area (Å²) < 4.78 is 98.4. The molecular weight excluding hydrogens is 605 g/mol. The number of carbonyl (C=O) groups is 2. The number of rotatable bonds is 7. The first-order chi connectivity index (χ1) is 19.8. The van der Waals surface area contributed by atoms with Crippen molar-refractivity contribution in [2.24, 2.45) is 16.6 Å². The van der Waals surface area contributed by atoms with Crippen molar-refractivity contribution in [3.63, 3.8) is 0 Å². The predicted molar refractivity (Wildman–Crippen MR) is 146 cm³/mol. The Morgan fingerprint density at radius 1 is 1.07 bits per heavy atom. The van der Waals surface area contributed by atoms with Crippen molar-refractivity contribution < 1.29 is 45.1 Å². The molecule has 1 aliphatic rings. The minimum atomic E-state index is -5.10. The van der Waals surface area contributed by atoms with E-state index < -0.39 is 65.2 Å². The summed E-state index contributed by atoms with van der Waals surface area (Å²) in [5, 5.41) is -0.373. The van der Waals surface area contributed by atoms with Gasteiger partial charge in [0.25, 0.3) is 0 Å². The molecule has 1 fully saturated rings. The van der Waals surface area contributed by atoms with Gasteiger partial charge in [0, 0.05) is 21.9 Å². The number of nitrogens with two attached hydrogens (primary N) is 1. The minimum Gasteiger partial charge on any atom is -0.443 e. The molecule has 0 radical (unpaired) electrons. The second-order valence-corrected chi connectivity index (χ2v) is 12.0. The fraction of sp³-hybridized carbons (Fsp3) is 0.429. The van der Waals surface area contributed by atoms with Crippen LogP contribution >= 0.6 is 11.8 Å². The molecule has 0 spiro atoms. The van der Waals surface area contributed by atoms with Gasteiger partial charge in [0.1, 0.15) is 22.8 Å². The highest BCUT2D eigenvalue weighted by atomic mass is 32.2. The number of carbonyl (C=O) groups excluding carboxylic acids is 2. The van der Waals surface area contributed by atoms with Gasteiger partial charge in [0.15, 0.2) is 0 Å². The van der Waals surface area contributed by atoms with Gasteiger partial charge >= 0.3 is 18.4 Å². The van der Waals surface area contributed by atoms with E-state index in [1.807, 2.05) is 0 Å². The zero-order valence-electron chi connectivity index (χ0n) is 23.3. The number of pyridine rings is 1. The Labute approximate surface area is 247 Å². The molecule has 15 heteroatoms. The maximum absolute atomic E-state index is 13.8. The van der Waals surface area contributed by atoms with Gasteiger partial charge in [-0.25, -0.2) is 19.1 Å². The molecule has 1 heterocycles. The number of halogens is 7. The number of hydrogen-bond acceptors (Lipinski definition) is 7. The van der Waals surface area contributed by atoms with Crippen molar-refractivity contribution in [1.82, 2.24) is 9.88 Å². The van der Waals surface area contributed by atoms with Crippen LogP contribution < -0.4 is 5.73 Å². The third kappa shape index (κ3) is 9.70. The zero-order valence-corrected chi connectivity index (χ0v) is 24.1. The number of allylic oxidation sites excluding steroid dienone is 1. The lowest BCUT2D eigenvalue weighted by Gasteiger charge is -2.30. The van der Waals surface area contributed by atoms with Gasteiger partial charge in [0.05, 0.1) is 24.3 Å². The lowest BCUT2D eigenvalue weighted by Crippen LogP contribution is -2.46. The van der Waals surface area contributed by atoms with Crippen molar-refractivity contribution in [2.45, 2.75) is 68.1 Å². The molecule has 1 aliphatic carbocycles. The molecule has 0 bridgehead atoms. The molecule has 1 aromatic heterocycles. The Bertz CT molecular complexity index is 1350. The Hall–Kier alpha value is -3.62. The first-order valence-electron chi connectivity index (χ1n) is 12.9. The largest absolute Gasteiger partial charge is 0.443 e. The van der Waals surface area contributed by atoms with Crippen molar-refractivity contribution in [1.29, 1.82) is 0 Å². The predicted octanol–water partition coefficient (Wildman–Crippen LogP) is 7.44. The number of hydrogen-bond donors (Lipinski definition) is 1. The molecule has 234 valence electrons. The van der Waals surface area contributed by atoms with Crippen LogP contribution in [-0.4, -0.2) is 51.7 Å². The van der Waals surface area contributed by atoms with E-state index >= 15 is 0 Å². The zero-order chi connectivity index (χ0) is 32.2. The van der Waals surface area contributed by atoms with E-state index in [1.54, 1.807) is 0 Å². The number of thioether (sulfide) groups is 1. The van der Waals surface area contributed by atoms with Crippen molar-refractivity contribution in [3.05, 3.63) is 65.4 Å². The summed E-state index contributed by atoms with van der Waals surface area (Å²) in [6, 6.07) is 7.05. The molecule has 2 amide bonds. The van der Waals surface area contributed by atoms with Gasteiger partial charge in [-0.15, -0.1) is 11.8 Å². The van der Waals surface area contributed by atoms with E-state index in [-0.39, 0.29) is 10.9 Å². The normalized spacial score (nSPS) is 18.5. The Morgan fingerprint density at radius 3 is 2.26 bits per heavy atom. The summed E-state index contributed by atoms with van der Waals surface area (Å²) >= 11 is 1.28. The van der Waals surface area contributed by atoms with Crippen LogP contribution in [0.4, 0.5) is 41.2 Å². The topological polar surface area (TPSA) is 97.9 Å². The molecule has 1 saturated carbocycles. The van der Waals surface area contributed by atoms with Crippen molar-refractivity contribution >= 4 is 35.7 Å². The highest BCUT2D eigenvalue weighted by Crippen LogP contribution is 2.40. The highest BCUT2D eigenvalue weighted by Gasteiger charge is 2.41. The molecule has 0 aliphatic heterocycles. The van der Waals surface area contributed by atoms with Gasteiger partial charge in [-0.2, -0.15) is 26.3 Å². The number of aromatic nitrogens is 1. The summed E-state index contributed by atoms with van der Waals surface area (Å²) in [6.45, 7) is 3.55. The third-order valence-electron chi connectivity index (χ3n) is 6.14.